The van der Waals surface area contributed by atoms with E-state index in [4.69, 9.17) is 9.47 Å². The second kappa shape index (κ2) is 4.13. The molecule has 0 aromatic rings. The van der Waals surface area contributed by atoms with Crippen molar-refractivity contribution in [3.05, 3.63) is 0 Å². The Morgan fingerprint density at radius 2 is 2.14 bits per heavy atom. The van der Waals surface area contributed by atoms with Crippen molar-refractivity contribution in [2.45, 2.75) is 38.6 Å². The second-order valence-electron chi connectivity index (χ2n) is 4.31. The molecule has 0 aromatic heterocycles. The first-order chi connectivity index (χ1) is 6.38. The molecule has 0 spiro atoms. The van der Waals surface area contributed by atoms with Crippen LogP contribution in [-0.4, -0.2) is 37.1 Å². The van der Waals surface area contributed by atoms with Gasteiger partial charge in [0, 0.05) is 0 Å². The Balaban J connectivity index is 2.33. The number of amides is 1. The molecule has 1 heterocycles. The Kier molecular flexibility index (Phi) is 3.31. The smallest absolute Gasteiger partial charge is 0.408 e. The van der Waals surface area contributed by atoms with Crippen LogP contribution in [0.5, 0.6) is 0 Å². The van der Waals surface area contributed by atoms with Gasteiger partial charge in [0.15, 0.2) is 0 Å². The Hall–Kier alpha value is -0.840. The minimum absolute atomic E-state index is 0.0421. The van der Waals surface area contributed by atoms with Gasteiger partial charge in [0.25, 0.3) is 0 Å². The monoisotopic (exact) mass is 205 g/mol. The summed E-state index contributed by atoms with van der Waals surface area (Å²) >= 11 is 0. The lowest BCUT2D eigenvalue weighted by Gasteiger charge is -2.21. The van der Waals surface area contributed by atoms with Gasteiger partial charge >= 0.3 is 6.09 Å². The van der Waals surface area contributed by atoms with E-state index in [0.29, 0.717) is 0 Å². The van der Waals surface area contributed by atoms with Crippen LogP contribution in [-0.2, 0) is 9.47 Å². The van der Waals surface area contributed by atoms with Gasteiger partial charge in [-0.05, 0) is 20.8 Å². The summed E-state index contributed by atoms with van der Waals surface area (Å²) in [7, 11) is 0. The number of ether oxygens (including phenoxy) is 2. The largest absolute Gasteiger partial charge is 0.444 e. The van der Waals surface area contributed by atoms with Crippen molar-refractivity contribution in [2.75, 3.05) is 13.2 Å². The molecule has 82 valence electrons. The first-order valence-electron chi connectivity index (χ1n) is 4.60. The van der Waals surface area contributed by atoms with Crippen LogP contribution in [0.3, 0.4) is 0 Å². The zero-order chi connectivity index (χ0) is 10.8. The lowest BCUT2D eigenvalue weighted by atomic mass is 10.2. The summed E-state index contributed by atoms with van der Waals surface area (Å²) in [6, 6.07) is -0.579. The maximum atomic E-state index is 13.0. The molecule has 0 bridgehead atoms. The number of carbonyl (C=O) groups excluding carboxylic acids is 1. The Morgan fingerprint density at radius 3 is 2.57 bits per heavy atom. The van der Waals surface area contributed by atoms with Crippen molar-refractivity contribution in [3.8, 4) is 0 Å². The normalized spacial score (nSPS) is 27.4. The fourth-order valence-corrected chi connectivity index (χ4v) is 1.12. The molecule has 0 radical (unpaired) electrons. The molecule has 1 aliphatic heterocycles. The number of carbonyl (C=O) groups is 1. The zero-order valence-corrected chi connectivity index (χ0v) is 8.67. The van der Waals surface area contributed by atoms with E-state index in [1.165, 1.54) is 0 Å². The lowest BCUT2D eigenvalue weighted by Crippen LogP contribution is -2.43. The SMILES string of the molecule is CC(C)(C)OC(=O)N[C@H]1COC[C@@H]1F. The van der Waals surface area contributed by atoms with Crippen LogP contribution in [0.2, 0.25) is 0 Å². The van der Waals surface area contributed by atoms with Crippen molar-refractivity contribution < 1.29 is 18.7 Å². The van der Waals surface area contributed by atoms with E-state index in [-0.39, 0.29) is 13.2 Å². The van der Waals surface area contributed by atoms with Crippen LogP contribution in [0, 0.1) is 0 Å². The van der Waals surface area contributed by atoms with E-state index in [1.807, 2.05) is 0 Å². The highest BCUT2D eigenvalue weighted by Crippen LogP contribution is 2.11. The summed E-state index contributed by atoms with van der Waals surface area (Å²) in [5.74, 6) is 0. The zero-order valence-electron chi connectivity index (χ0n) is 8.67. The van der Waals surface area contributed by atoms with Crippen molar-refractivity contribution in [1.29, 1.82) is 0 Å². The van der Waals surface area contributed by atoms with E-state index in [2.05, 4.69) is 5.32 Å². The van der Waals surface area contributed by atoms with E-state index in [1.54, 1.807) is 20.8 Å². The van der Waals surface area contributed by atoms with E-state index >= 15 is 0 Å². The third kappa shape index (κ3) is 3.49. The van der Waals surface area contributed by atoms with Gasteiger partial charge < -0.3 is 14.8 Å². The van der Waals surface area contributed by atoms with Gasteiger partial charge in [0.1, 0.15) is 11.8 Å². The predicted molar refractivity (Wildman–Crippen MR) is 48.9 cm³/mol. The van der Waals surface area contributed by atoms with Crippen LogP contribution < -0.4 is 5.32 Å². The van der Waals surface area contributed by atoms with E-state index in [9.17, 15) is 9.18 Å². The average Bonchev–Trinajstić information content (AvgIpc) is 2.32. The topological polar surface area (TPSA) is 47.6 Å². The highest BCUT2D eigenvalue weighted by molar-refractivity contribution is 5.68. The summed E-state index contributed by atoms with van der Waals surface area (Å²) in [4.78, 5) is 11.2. The molecule has 5 heteroatoms. The fourth-order valence-electron chi connectivity index (χ4n) is 1.12. The number of halogens is 1. The van der Waals surface area contributed by atoms with Gasteiger partial charge in [-0.1, -0.05) is 0 Å². The van der Waals surface area contributed by atoms with Gasteiger partial charge in [0.2, 0.25) is 0 Å². The van der Waals surface area contributed by atoms with Gasteiger partial charge in [-0.2, -0.15) is 0 Å². The highest BCUT2D eigenvalue weighted by Gasteiger charge is 2.30. The Labute approximate surface area is 82.8 Å². The summed E-state index contributed by atoms with van der Waals surface area (Å²) in [6.07, 6.45) is -1.74. The molecule has 1 saturated heterocycles. The summed E-state index contributed by atoms with van der Waals surface area (Å²) in [5.41, 5.74) is -0.560. The maximum Gasteiger partial charge on any atom is 0.408 e. The molecule has 0 unspecified atom stereocenters. The van der Waals surface area contributed by atoms with Gasteiger partial charge in [-0.15, -0.1) is 0 Å². The van der Waals surface area contributed by atoms with Crippen molar-refractivity contribution in [1.82, 2.24) is 5.32 Å². The summed E-state index contributed by atoms with van der Waals surface area (Å²) in [5, 5.41) is 2.42. The third-order valence-electron chi connectivity index (χ3n) is 1.71. The van der Waals surface area contributed by atoms with Crippen molar-refractivity contribution in [3.63, 3.8) is 0 Å². The maximum absolute atomic E-state index is 13.0. The average molecular weight is 205 g/mol. The predicted octanol–water partition coefficient (Wildman–Crippen LogP) is 1.25. The molecule has 0 aromatic carbocycles. The molecule has 4 nitrogen and oxygen atoms in total. The Bertz CT molecular complexity index is 215. The first-order valence-corrected chi connectivity index (χ1v) is 4.60. The fraction of sp³-hybridized carbons (Fsp3) is 0.889. The highest BCUT2D eigenvalue weighted by atomic mass is 19.1. The molecule has 2 atom stereocenters. The standard InChI is InChI=1S/C9H16FNO3/c1-9(2,3)14-8(12)11-7-5-13-4-6(7)10/h6-7H,4-5H2,1-3H3,(H,11,12)/t6-,7-/m0/s1. The first kappa shape index (κ1) is 11.2. The molecule has 1 rings (SSSR count). The Morgan fingerprint density at radius 1 is 1.50 bits per heavy atom. The number of alkyl carbamates (subject to hydrolysis) is 1. The number of rotatable bonds is 1. The second-order valence-corrected chi connectivity index (χ2v) is 4.31. The van der Waals surface area contributed by atoms with Crippen molar-refractivity contribution in [2.24, 2.45) is 0 Å². The third-order valence-corrected chi connectivity index (χ3v) is 1.71. The quantitative estimate of drug-likeness (QED) is 0.700. The number of hydrogen-bond acceptors (Lipinski definition) is 3. The molecule has 0 aliphatic carbocycles. The molecule has 1 aliphatic rings. The molecular formula is C9H16FNO3. The van der Waals surface area contributed by atoms with Gasteiger partial charge in [0.05, 0.1) is 19.3 Å². The molecule has 1 N–H and O–H groups in total. The van der Waals surface area contributed by atoms with Crippen molar-refractivity contribution >= 4 is 6.09 Å². The number of hydrogen-bond donors (Lipinski definition) is 1. The number of alkyl halides is 1. The minimum Gasteiger partial charge on any atom is -0.444 e. The molecule has 0 saturated carbocycles. The van der Waals surface area contributed by atoms with E-state index in [0.717, 1.165) is 0 Å². The van der Waals surface area contributed by atoms with Crippen LogP contribution in [0.15, 0.2) is 0 Å². The minimum atomic E-state index is -1.14. The molecule has 1 amide bonds. The van der Waals surface area contributed by atoms with Crippen LogP contribution in [0.25, 0.3) is 0 Å². The summed E-state index contributed by atoms with van der Waals surface area (Å²) < 4.78 is 22.8. The molecule has 14 heavy (non-hydrogen) atoms. The van der Waals surface area contributed by atoms with Crippen LogP contribution in [0.1, 0.15) is 20.8 Å². The van der Waals surface area contributed by atoms with Crippen LogP contribution in [0.4, 0.5) is 9.18 Å². The number of nitrogens with one attached hydrogen (secondary N) is 1. The van der Waals surface area contributed by atoms with Gasteiger partial charge in [-0.3, -0.25) is 0 Å². The lowest BCUT2D eigenvalue weighted by molar-refractivity contribution is 0.0485. The molecular weight excluding hydrogens is 189 g/mol. The summed E-state index contributed by atoms with van der Waals surface area (Å²) in [6.45, 7) is 5.51. The van der Waals surface area contributed by atoms with E-state index < -0.39 is 23.9 Å². The van der Waals surface area contributed by atoms with Gasteiger partial charge in [-0.25, -0.2) is 9.18 Å². The van der Waals surface area contributed by atoms with Crippen LogP contribution >= 0.6 is 0 Å². The molecule has 1 fully saturated rings.